The maximum atomic E-state index is 10.6. The van der Waals surface area contributed by atoms with Gasteiger partial charge in [0.05, 0.1) is 0 Å². The molecule has 1 atom stereocenters. The van der Waals surface area contributed by atoms with Gasteiger partial charge in [0, 0.05) is 24.3 Å². The molecular weight excluding hydrogens is 198 g/mol. The van der Waals surface area contributed by atoms with Crippen molar-refractivity contribution < 1.29 is 4.79 Å². The molecule has 0 aliphatic carbocycles. The Balaban J connectivity index is 2.71. The second-order valence-electron chi connectivity index (χ2n) is 4.80. The molecule has 0 aliphatic rings. The van der Waals surface area contributed by atoms with Gasteiger partial charge in [0.15, 0.2) is 0 Å². The van der Waals surface area contributed by atoms with Crippen LogP contribution in [-0.2, 0) is 0 Å². The van der Waals surface area contributed by atoms with Crippen molar-refractivity contribution in [3.63, 3.8) is 0 Å². The summed E-state index contributed by atoms with van der Waals surface area (Å²) in [5.74, 6) is 0.701. The summed E-state index contributed by atoms with van der Waals surface area (Å²) >= 11 is 0. The predicted molar refractivity (Wildman–Crippen MR) is 69.1 cm³/mol. The highest BCUT2D eigenvalue weighted by atomic mass is 16.1. The molecule has 1 aromatic rings. The van der Waals surface area contributed by atoms with Gasteiger partial charge in [-0.25, -0.2) is 0 Å². The van der Waals surface area contributed by atoms with Crippen LogP contribution in [0.2, 0.25) is 0 Å². The molecule has 0 fully saturated rings. The summed E-state index contributed by atoms with van der Waals surface area (Å²) in [5.41, 5.74) is 1.90. The fourth-order valence-electron chi connectivity index (χ4n) is 1.88. The third-order valence-electron chi connectivity index (χ3n) is 2.91. The average Bonchev–Trinajstić information content (AvgIpc) is 2.27. The average molecular weight is 219 g/mol. The molecule has 0 amide bonds. The lowest BCUT2D eigenvalue weighted by Crippen LogP contribution is -2.29. The molecule has 0 N–H and O–H groups in total. The highest BCUT2D eigenvalue weighted by Gasteiger charge is 2.11. The summed E-state index contributed by atoms with van der Waals surface area (Å²) in [6.45, 7) is 6.70. The van der Waals surface area contributed by atoms with Crippen LogP contribution >= 0.6 is 0 Å². The van der Waals surface area contributed by atoms with Gasteiger partial charge in [0.25, 0.3) is 0 Å². The standard InChI is InChI=1S/C14H21NO/c1-11(2)9-12(3)15(4)14-7-5-13(10-16)6-8-14/h5-8,10-12H,9H2,1-4H3. The van der Waals surface area contributed by atoms with Gasteiger partial charge in [-0.05, 0) is 43.5 Å². The summed E-state index contributed by atoms with van der Waals surface area (Å²) in [7, 11) is 2.10. The van der Waals surface area contributed by atoms with Crippen molar-refractivity contribution in [1.82, 2.24) is 0 Å². The van der Waals surface area contributed by atoms with Gasteiger partial charge >= 0.3 is 0 Å². The zero-order valence-corrected chi connectivity index (χ0v) is 10.6. The molecule has 0 saturated carbocycles. The van der Waals surface area contributed by atoms with Crippen molar-refractivity contribution in [1.29, 1.82) is 0 Å². The molecule has 0 bridgehead atoms. The summed E-state index contributed by atoms with van der Waals surface area (Å²) in [4.78, 5) is 12.8. The quantitative estimate of drug-likeness (QED) is 0.708. The molecule has 0 spiro atoms. The van der Waals surface area contributed by atoms with Gasteiger partial charge in [0.2, 0.25) is 0 Å². The molecular formula is C14H21NO. The van der Waals surface area contributed by atoms with Crippen LogP contribution in [0.1, 0.15) is 37.6 Å². The summed E-state index contributed by atoms with van der Waals surface area (Å²) in [5, 5.41) is 0. The Hall–Kier alpha value is -1.31. The minimum Gasteiger partial charge on any atom is -0.372 e. The van der Waals surface area contributed by atoms with Crippen molar-refractivity contribution in [2.45, 2.75) is 33.2 Å². The van der Waals surface area contributed by atoms with E-state index < -0.39 is 0 Å². The van der Waals surface area contributed by atoms with E-state index in [1.807, 2.05) is 24.3 Å². The number of rotatable bonds is 5. The molecule has 2 nitrogen and oxygen atoms in total. The first kappa shape index (κ1) is 12.8. The van der Waals surface area contributed by atoms with E-state index in [9.17, 15) is 4.79 Å². The smallest absolute Gasteiger partial charge is 0.150 e. The highest BCUT2D eigenvalue weighted by molar-refractivity contribution is 5.75. The molecule has 1 aromatic carbocycles. The molecule has 1 rings (SSSR count). The van der Waals surface area contributed by atoms with Crippen molar-refractivity contribution >= 4 is 12.0 Å². The van der Waals surface area contributed by atoms with E-state index in [0.717, 1.165) is 11.8 Å². The molecule has 1 unspecified atom stereocenters. The molecule has 16 heavy (non-hydrogen) atoms. The second kappa shape index (κ2) is 5.69. The van der Waals surface area contributed by atoms with Gasteiger partial charge in [-0.2, -0.15) is 0 Å². The predicted octanol–water partition coefficient (Wildman–Crippen LogP) is 3.37. The van der Waals surface area contributed by atoms with Gasteiger partial charge in [-0.1, -0.05) is 13.8 Å². The monoisotopic (exact) mass is 219 g/mol. The number of aldehydes is 1. The maximum absolute atomic E-state index is 10.6. The minimum atomic E-state index is 0.516. The lowest BCUT2D eigenvalue weighted by molar-refractivity contribution is 0.112. The number of hydrogen-bond acceptors (Lipinski definition) is 2. The van der Waals surface area contributed by atoms with Crippen LogP contribution in [0.15, 0.2) is 24.3 Å². The fraction of sp³-hybridized carbons (Fsp3) is 0.500. The van der Waals surface area contributed by atoms with Gasteiger partial charge in [-0.15, -0.1) is 0 Å². The van der Waals surface area contributed by atoms with Crippen LogP contribution < -0.4 is 4.90 Å². The van der Waals surface area contributed by atoms with Crippen molar-refractivity contribution in [3.8, 4) is 0 Å². The Kier molecular flexibility index (Phi) is 4.53. The SMILES string of the molecule is CC(C)CC(C)N(C)c1ccc(C=O)cc1. The number of carbonyl (C=O) groups excluding carboxylic acids is 1. The maximum Gasteiger partial charge on any atom is 0.150 e. The Morgan fingerprint density at radius 2 is 1.75 bits per heavy atom. The second-order valence-corrected chi connectivity index (χ2v) is 4.80. The van der Waals surface area contributed by atoms with Gasteiger partial charge in [-0.3, -0.25) is 4.79 Å². The van der Waals surface area contributed by atoms with Crippen LogP contribution in [0.4, 0.5) is 5.69 Å². The number of benzene rings is 1. The molecule has 2 heteroatoms. The number of hydrogen-bond donors (Lipinski definition) is 0. The van der Waals surface area contributed by atoms with Crippen molar-refractivity contribution in [2.24, 2.45) is 5.92 Å². The molecule has 0 aromatic heterocycles. The largest absolute Gasteiger partial charge is 0.372 e. The molecule has 0 saturated heterocycles. The Morgan fingerprint density at radius 1 is 1.19 bits per heavy atom. The summed E-state index contributed by atoms with van der Waals surface area (Å²) < 4.78 is 0. The third kappa shape index (κ3) is 3.37. The molecule has 0 radical (unpaired) electrons. The lowest BCUT2D eigenvalue weighted by Gasteiger charge is -2.28. The number of anilines is 1. The van der Waals surface area contributed by atoms with E-state index in [1.54, 1.807) is 0 Å². The van der Waals surface area contributed by atoms with Crippen molar-refractivity contribution in [3.05, 3.63) is 29.8 Å². The first-order valence-corrected chi connectivity index (χ1v) is 5.82. The normalized spacial score (nSPS) is 12.6. The number of nitrogens with zero attached hydrogens (tertiary/aromatic N) is 1. The summed E-state index contributed by atoms with van der Waals surface area (Å²) in [6, 6.07) is 8.24. The van der Waals surface area contributed by atoms with E-state index in [2.05, 4.69) is 32.7 Å². The first-order valence-electron chi connectivity index (χ1n) is 5.82. The van der Waals surface area contributed by atoms with Gasteiger partial charge < -0.3 is 4.90 Å². The number of carbonyl (C=O) groups is 1. The van der Waals surface area contributed by atoms with E-state index in [4.69, 9.17) is 0 Å². The minimum absolute atomic E-state index is 0.516. The fourth-order valence-corrected chi connectivity index (χ4v) is 1.88. The lowest BCUT2D eigenvalue weighted by atomic mass is 10.0. The van der Waals surface area contributed by atoms with Crippen LogP contribution in [0.5, 0.6) is 0 Å². The summed E-state index contributed by atoms with van der Waals surface area (Å²) in [6.07, 6.45) is 2.05. The van der Waals surface area contributed by atoms with Crippen LogP contribution in [0.3, 0.4) is 0 Å². The first-order chi connectivity index (χ1) is 7.54. The molecule has 0 aliphatic heterocycles. The van der Waals surface area contributed by atoms with Crippen LogP contribution in [0.25, 0.3) is 0 Å². The Morgan fingerprint density at radius 3 is 2.19 bits per heavy atom. The highest BCUT2D eigenvalue weighted by Crippen LogP contribution is 2.19. The topological polar surface area (TPSA) is 20.3 Å². The third-order valence-corrected chi connectivity index (χ3v) is 2.91. The van der Waals surface area contributed by atoms with E-state index in [0.29, 0.717) is 12.0 Å². The van der Waals surface area contributed by atoms with E-state index >= 15 is 0 Å². The van der Waals surface area contributed by atoms with Crippen LogP contribution in [-0.4, -0.2) is 19.4 Å². The zero-order chi connectivity index (χ0) is 12.1. The molecule has 88 valence electrons. The van der Waals surface area contributed by atoms with E-state index in [1.165, 1.54) is 12.1 Å². The molecule has 0 heterocycles. The van der Waals surface area contributed by atoms with Gasteiger partial charge in [0.1, 0.15) is 6.29 Å². The van der Waals surface area contributed by atoms with E-state index in [-0.39, 0.29) is 0 Å². The Bertz CT molecular complexity index is 329. The van der Waals surface area contributed by atoms with Crippen molar-refractivity contribution in [2.75, 3.05) is 11.9 Å². The van der Waals surface area contributed by atoms with Crippen LogP contribution in [0, 0.1) is 5.92 Å². The Labute approximate surface area is 98.3 Å². The zero-order valence-electron chi connectivity index (χ0n) is 10.6.